The highest BCUT2D eigenvalue weighted by molar-refractivity contribution is 5.74. The summed E-state index contributed by atoms with van der Waals surface area (Å²) < 4.78 is 4.81. The number of nitrogens with zero attached hydrogens (tertiary/aromatic N) is 7. The second-order valence-electron chi connectivity index (χ2n) is 6.36. The number of hydrogen-bond acceptors (Lipinski definition) is 8. The Kier molecular flexibility index (Phi) is 4.41. The summed E-state index contributed by atoms with van der Waals surface area (Å²) in [5.41, 5.74) is 1.86. The number of hydrogen-bond donors (Lipinski definition) is 0. The van der Waals surface area contributed by atoms with E-state index in [4.69, 9.17) is 9.61 Å². The van der Waals surface area contributed by atoms with E-state index < -0.39 is 0 Å². The lowest BCUT2D eigenvalue weighted by Crippen LogP contribution is -2.29. The Morgan fingerprint density at radius 1 is 1.04 bits per heavy atom. The zero-order chi connectivity index (χ0) is 17.1. The maximum Gasteiger partial charge on any atom is 0.245 e. The fourth-order valence-electron chi connectivity index (χ4n) is 3.18. The first kappa shape index (κ1) is 15.7. The molecule has 0 radical (unpaired) electrons. The number of anilines is 2. The third kappa shape index (κ3) is 3.38. The van der Waals surface area contributed by atoms with Crippen molar-refractivity contribution < 1.29 is 4.63 Å². The predicted octanol–water partition coefficient (Wildman–Crippen LogP) is 2.42. The molecule has 3 aromatic rings. The quantitative estimate of drug-likeness (QED) is 0.716. The van der Waals surface area contributed by atoms with E-state index in [1.54, 1.807) is 6.20 Å². The third-order valence-electron chi connectivity index (χ3n) is 4.47. The fourth-order valence-corrected chi connectivity index (χ4v) is 3.18. The smallest absolute Gasteiger partial charge is 0.245 e. The van der Waals surface area contributed by atoms with Gasteiger partial charge in [-0.05, 0) is 35.3 Å². The van der Waals surface area contributed by atoms with Crippen LogP contribution in [0.5, 0.6) is 0 Å². The number of fused-ring (bicyclic) bond motifs is 1. The highest BCUT2D eigenvalue weighted by Gasteiger charge is 2.22. The molecule has 3 aromatic heterocycles. The Balaban J connectivity index is 1.70. The van der Waals surface area contributed by atoms with Crippen LogP contribution in [-0.4, -0.2) is 45.4 Å². The van der Waals surface area contributed by atoms with Gasteiger partial charge in [0.1, 0.15) is 0 Å². The summed E-state index contributed by atoms with van der Waals surface area (Å²) in [4.78, 5) is 18.1. The summed E-state index contributed by atoms with van der Waals surface area (Å²) in [6.45, 7) is 2.61. The Morgan fingerprint density at radius 2 is 1.80 bits per heavy atom. The normalized spacial score (nSPS) is 15.3. The molecule has 0 amide bonds. The molecule has 1 aliphatic heterocycles. The van der Waals surface area contributed by atoms with Crippen LogP contribution in [0.2, 0.25) is 0 Å². The Morgan fingerprint density at radius 3 is 2.52 bits per heavy atom. The van der Waals surface area contributed by atoms with Crippen molar-refractivity contribution in [3.05, 3.63) is 30.1 Å². The second kappa shape index (κ2) is 7.00. The van der Waals surface area contributed by atoms with Gasteiger partial charge in [0.15, 0.2) is 11.6 Å². The monoisotopic (exact) mass is 339 g/mol. The summed E-state index contributed by atoms with van der Waals surface area (Å²) in [6.07, 6.45) is 6.66. The first-order chi connectivity index (χ1) is 12.3. The third-order valence-corrected chi connectivity index (χ3v) is 4.47. The van der Waals surface area contributed by atoms with Crippen molar-refractivity contribution in [3.8, 4) is 0 Å². The zero-order valence-corrected chi connectivity index (χ0v) is 14.3. The van der Waals surface area contributed by atoms with Gasteiger partial charge in [-0.1, -0.05) is 18.9 Å². The van der Waals surface area contributed by atoms with E-state index in [0.717, 1.165) is 30.4 Å². The summed E-state index contributed by atoms with van der Waals surface area (Å²) in [5.74, 6) is 1.64. The lowest BCUT2D eigenvalue weighted by atomic mass is 10.2. The summed E-state index contributed by atoms with van der Waals surface area (Å²) in [7, 11) is 2.00. The molecule has 1 aliphatic rings. The lowest BCUT2D eigenvalue weighted by Gasteiger charge is -2.27. The number of rotatable bonds is 4. The van der Waals surface area contributed by atoms with E-state index in [-0.39, 0.29) is 0 Å². The average molecular weight is 339 g/mol. The van der Waals surface area contributed by atoms with Gasteiger partial charge < -0.3 is 9.80 Å². The highest BCUT2D eigenvalue weighted by atomic mass is 16.6. The van der Waals surface area contributed by atoms with E-state index in [0.29, 0.717) is 17.8 Å². The molecule has 4 rings (SSSR count). The van der Waals surface area contributed by atoms with Gasteiger partial charge in [0.2, 0.25) is 11.3 Å². The van der Waals surface area contributed by atoms with Crippen LogP contribution in [0.1, 0.15) is 31.4 Å². The molecule has 4 heterocycles. The zero-order valence-electron chi connectivity index (χ0n) is 14.3. The first-order valence-electron chi connectivity index (χ1n) is 8.67. The molecule has 0 aliphatic carbocycles. The maximum absolute atomic E-state index is 4.81. The number of aromatic nitrogens is 5. The van der Waals surface area contributed by atoms with Crippen LogP contribution in [0.3, 0.4) is 0 Å². The number of pyridine rings is 1. The summed E-state index contributed by atoms with van der Waals surface area (Å²) in [5, 5.41) is 7.72. The molecule has 1 saturated heterocycles. The van der Waals surface area contributed by atoms with E-state index in [2.05, 4.69) is 30.1 Å². The van der Waals surface area contributed by atoms with Gasteiger partial charge in [-0.2, -0.15) is 0 Å². The molecule has 0 unspecified atom stereocenters. The van der Waals surface area contributed by atoms with Crippen molar-refractivity contribution in [1.29, 1.82) is 0 Å². The van der Waals surface area contributed by atoms with Crippen LogP contribution in [0.25, 0.3) is 11.3 Å². The van der Waals surface area contributed by atoms with E-state index in [9.17, 15) is 0 Å². The van der Waals surface area contributed by atoms with Gasteiger partial charge in [0.25, 0.3) is 0 Å². The topological polar surface area (TPSA) is 84.1 Å². The van der Waals surface area contributed by atoms with E-state index in [1.165, 1.54) is 25.7 Å². The molecule has 1 fully saturated rings. The molecule has 0 aromatic carbocycles. The van der Waals surface area contributed by atoms with Crippen LogP contribution >= 0.6 is 0 Å². The van der Waals surface area contributed by atoms with Crippen molar-refractivity contribution in [3.63, 3.8) is 0 Å². The molecule has 0 N–H and O–H groups in total. The van der Waals surface area contributed by atoms with Crippen LogP contribution in [-0.2, 0) is 6.54 Å². The molecule has 0 bridgehead atoms. The minimum absolute atomic E-state index is 0.432. The molecule has 25 heavy (non-hydrogen) atoms. The molecular formula is C17H21N7O. The SMILES string of the molecule is CN(Cc1ccccn1)c1nc2nonc2nc1N1CCCCCC1. The van der Waals surface area contributed by atoms with Crippen molar-refractivity contribution in [1.82, 2.24) is 25.3 Å². The van der Waals surface area contributed by atoms with Crippen molar-refractivity contribution >= 4 is 22.9 Å². The Labute approximate surface area is 145 Å². The largest absolute Gasteiger partial charge is 0.353 e. The first-order valence-corrected chi connectivity index (χ1v) is 8.67. The van der Waals surface area contributed by atoms with Gasteiger partial charge in [0, 0.05) is 26.3 Å². The highest BCUT2D eigenvalue weighted by Crippen LogP contribution is 2.29. The molecule has 0 spiro atoms. The molecule has 8 nitrogen and oxygen atoms in total. The predicted molar refractivity (Wildman–Crippen MR) is 94.4 cm³/mol. The van der Waals surface area contributed by atoms with E-state index in [1.807, 2.05) is 25.2 Å². The Hall–Kier alpha value is -2.77. The van der Waals surface area contributed by atoms with Gasteiger partial charge in [0.05, 0.1) is 12.2 Å². The lowest BCUT2D eigenvalue weighted by molar-refractivity contribution is 0.314. The van der Waals surface area contributed by atoms with Crippen LogP contribution in [0.4, 0.5) is 11.6 Å². The molecule has 130 valence electrons. The Bertz CT molecular complexity index is 827. The van der Waals surface area contributed by atoms with Crippen molar-refractivity contribution in [2.45, 2.75) is 32.2 Å². The van der Waals surface area contributed by atoms with Gasteiger partial charge in [-0.3, -0.25) is 4.98 Å². The minimum Gasteiger partial charge on any atom is -0.353 e. The molecule has 0 atom stereocenters. The van der Waals surface area contributed by atoms with E-state index >= 15 is 0 Å². The van der Waals surface area contributed by atoms with Gasteiger partial charge in [-0.25, -0.2) is 14.6 Å². The van der Waals surface area contributed by atoms with Crippen molar-refractivity contribution in [2.75, 3.05) is 29.9 Å². The standard InChI is InChI=1S/C17H21N7O/c1-23(12-13-8-4-5-9-18-13)16-17(24-10-6-2-3-7-11-24)20-15-14(19-16)21-25-22-15/h4-5,8-9H,2-3,6-7,10-12H2,1H3. The molecular weight excluding hydrogens is 318 g/mol. The van der Waals surface area contributed by atoms with Crippen LogP contribution < -0.4 is 9.80 Å². The average Bonchev–Trinajstić information content (AvgIpc) is 2.93. The summed E-state index contributed by atoms with van der Waals surface area (Å²) in [6, 6.07) is 5.91. The molecule has 8 heteroatoms. The maximum atomic E-state index is 4.81. The van der Waals surface area contributed by atoms with Gasteiger partial charge in [-0.15, -0.1) is 0 Å². The summed E-state index contributed by atoms with van der Waals surface area (Å²) >= 11 is 0. The fraction of sp³-hybridized carbons (Fsp3) is 0.471. The van der Waals surface area contributed by atoms with Crippen molar-refractivity contribution in [2.24, 2.45) is 0 Å². The van der Waals surface area contributed by atoms with Crippen LogP contribution in [0, 0.1) is 0 Å². The van der Waals surface area contributed by atoms with Crippen LogP contribution in [0.15, 0.2) is 29.0 Å². The minimum atomic E-state index is 0.432. The second-order valence-corrected chi connectivity index (χ2v) is 6.36. The molecule has 0 saturated carbocycles. The van der Waals surface area contributed by atoms with Gasteiger partial charge >= 0.3 is 0 Å².